The van der Waals surface area contributed by atoms with Gasteiger partial charge in [-0.05, 0) is 40.7 Å². The van der Waals surface area contributed by atoms with Crippen molar-refractivity contribution < 1.29 is 23.6 Å². The van der Waals surface area contributed by atoms with E-state index < -0.39 is 30.1 Å². The molecule has 1 aromatic carbocycles. The summed E-state index contributed by atoms with van der Waals surface area (Å²) in [5, 5.41) is 9.24. The zero-order valence-electron chi connectivity index (χ0n) is 12.3. The topological polar surface area (TPSA) is 55.8 Å². The summed E-state index contributed by atoms with van der Waals surface area (Å²) in [4.78, 5) is 11.3. The van der Waals surface area contributed by atoms with E-state index in [9.17, 15) is 14.3 Å². The first-order valence-corrected chi connectivity index (χ1v) is 6.45. The molecule has 1 fully saturated rings. The van der Waals surface area contributed by atoms with Crippen LogP contribution in [0.4, 0.5) is 4.39 Å². The minimum Gasteiger partial charge on any atom is -0.478 e. The first-order chi connectivity index (χ1) is 9.07. The fourth-order valence-electron chi connectivity index (χ4n) is 2.18. The Morgan fingerprint density at radius 1 is 1.20 bits per heavy atom. The number of halogens is 1. The quantitative estimate of drug-likeness (QED) is 0.843. The molecule has 1 heterocycles. The van der Waals surface area contributed by atoms with E-state index in [-0.39, 0.29) is 11.0 Å². The number of aryl methyl sites for hydroxylation is 1. The van der Waals surface area contributed by atoms with Crippen molar-refractivity contribution >= 4 is 18.6 Å². The SMILES string of the molecule is Cc1ccc(F)c(C(=O)O)c1B1OC(C)(C)C(C)(C)O1. The Morgan fingerprint density at radius 2 is 1.70 bits per heavy atom. The van der Waals surface area contributed by atoms with Crippen LogP contribution in [0.2, 0.25) is 0 Å². The maximum atomic E-state index is 13.8. The highest BCUT2D eigenvalue weighted by Gasteiger charge is 2.53. The van der Waals surface area contributed by atoms with Gasteiger partial charge in [-0.1, -0.05) is 11.6 Å². The summed E-state index contributed by atoms with van der Waals surface area (Å²) in [5.41, 5.74) is -0.722. The molecule has 20 heavy (non-hydrogen) atoms. The second-order valence-electron chi connectivity index (χ2n) is 6.05. The average Bonchev–Trinajstić information content (AvgIpc) is 2.50. The van der Waals surface area contributed by atoms with Crippen LogP contribution in [0, 0.1) is 12.7 Å². The molecule has 0 bridgehead atoms. The van der Waals surface area contributed by atoms with Crippen molar-refractivity contribution in [2.75, 3.05) is 0 Å². The van der Waals surface area contributed by atoms with E-state index in [1.807, 2.05) is 27.7 Å². The Balaban J connectivity index is 2.55. The van der Waals surface area contributed by atoms with Crippen LogP contribution in [0.25, 0.3) is 0 Å². The summed E-state index contributed by atoms with van der Waals surface area (Å²) in [7, 11) is -0.887. The van der Waals surface area contributed by atoms with Gasteiger partial charge in [0.1, 0.15) is 5.82 Å². The van der Waals surface area contributed by atoms with Crippen molar-refractivity contribution in [1.82, 2.24) is 0 Å². The van der Waals surface area contributed by atoms with Crippen LogP contribution in [0.5, 0.6) is 0 Å². The van der Waals surface area contributed by atoms with Crippen molar-refractivity contribution in [3.8, 4) is 0 Å². The van der Waals surface area contributed by atoms with E-state index in [0.717, 1.165) is 6.07 Å². The number of aromatic carboxylic acids is 1. The fraction of sp³-hybridized carbons (Fsp3) is 0.500. The molecular weight excluding hydrogens is 262 g/mol. The zero-order valence-corrected chi connectivity index (χ0v) is 12.3. The van der Waals surface area contributed by atoms with Gasteiger partial charge in [-0.15, -0.1) is 0 Å². The lowest BCUT2D eigenvalue weighted by molar-refractivity contribution is 0.00578. The summed E-state index contributed by atoms with van der Waals surface area (Å²) in [6.45, 7) is 9.17. The van der Waals surface area contributed by atoms with Gasteiger partial charge >= 0.3 is 13.1 Å². The van der Waals surface area contributed by atoms with E-state index in [0.29, 0.717) is 5.56 Å². The maximum Gasteiger partial charge on any atom is 0.496 e. The predicted molar refractivity (Wildman–Crippen MR) is 73.8 cm³/mol. The highest BCUT2D eigenvalue weighted by molar-refractivity contribution is 6.64. The monoisotopic (exact) mass is 280 g/mol. The lowest BCUT2D eigenvalue weighted by Gasteiger charge is -2.32. The summed E-state index contributed by atoms with van der Waals surface area (Å²) in [6.07, 6.45) is 0. The molecule has 0 unspecified atom stereocenters. The Labute approximate surface area is 118 Å². The number of carbonyl (C=O) groups is 1. The molecule has 1 N–H and O–H groups in total. The molecule has 2 rings (SSSR count). The zero-order chi connectivity index (χ0) is 15.3. The fourth-order valence-corrected chi connectivity index (χ4v) is 2.18. The molecule has 0 spiro atoms. The standard InChI is InChI=1S/C14H18BFO4/c1-8-6-7-9(16)10(12(17)18)11(8)15-19-13(2,3)14(4,5)20-15/h6-7H,1-5H3,(H,17,18). The molecule has 1 saturated heterocycles. The molecule has 6 heteroatoms. The Hall–Kier alpha value is -1.40. The molecule has 1 aromatic rings. The number of carboxylic acids is 1. The molecule has 0 atom stereocenters. The van der Waals surface area contributed by atoms with Gasteiger partial charge in [-0.2, -0.15) is 0 Å². The number of hydrogen-bond donors (Lipinski definition) is 1. The van der Waals surface area contributed by atoms with Crippen molar-refractivity contribution in [1.29, 1.82) is 0 Å². The van der Waals surface area contributed by atoms with Gasteiger partial charge in [0.25, 0.3) is 0 Å². The van der Waals surface area contributed by atoms with Crippen molar-refractivity contribution in [3.63, 3.8) is 0 Å². The second kappa shape index (κ2) is 4.57. The van der Waals surface area contributed by atoms with E-state index in [1.165, 1.54) is 6.07 Å². The van der Waals surface area contributed by atoms with Crippen LogP contribution >= 0.6 is 0 Å². The molecule has 1 aliphatic heterocycles. The van der Waals surface area contributed by atoms with Crippen molar-refractivity contribution in [2.24, 2.45) is 0 Å². The lowest BCUT2D eigenvalue weighted by Crippen LogP contribution is -2.41. The number of carboxylic acid groups (broad SMARTS) is 1. The third kappa shape index (κ3) is 2.23. The van der Waals surface area contributed by atoms with Crippen LogP contribution in [-0.2, 0) is 9.31 Å². The highest BCUT2D eigenvalue weighted by atomic mass is 19.1. The minimum atomic E-state index is -1.32. The lowest BCUT2D eigenvalue weighted by atomic mass is 9.73. The largest absolute Gasteiger partial charge is 0.496 e. The van der Waals surface area contributed by atoms with Crippen molar-refractivity contribution in [2.45, 2.75) is 45.8 Å². The molecule has 1 aliphatic rings. The van der Waals surface area contributed by atoms with Gasteiger partial charge in [-0.25, -0.2) is 9.18 Å². The molecule has 0 saturated carbocycles. The predicted octanol–water partition coefficient (Wildman–Crippen LogP) is 2.13. The molecule has 4 nitrogen and oxygen atoms in total. The van der Waals surface area contributed by atoms with Gasteiger partial charge in [0.05, 0.1) is 16.8 Å². The van der Waals surface area contributed by atoms with Gasteiger partial charge in [-0.3, -0.25) is 0 Å². The van der Waals surface area contributed by atoms with Gasteiger partial charge in [0.15, 0.2) is 0 Å². The van der Waals surface area contributed by atoms with Gasteiger partial charge in [0, 0.05) is 5.46 Å². The van der Waals surface area contributed by atoms with Crippen molar-refractivity contribution in [3.05, 3.63) is 29.1 Å². The molecule has 0 aliphatic carbocycles. The Morgan fingerprint density at radius 3 is 2.15 bits per heavy atom. The highest BCUT2D eigenvalue weighted by Crippen LogP contribution is 2.37. The smallest absolute Gasteiger partial charge is 0.478 e. The molecule has 0 aromatic heterocycles. The third-order valence-corrected chi connectivity index (χ3v) is 4.12. The Bertz CT molecular complexity index is 553. The van der Waals surface area contributed by atoms with Gasteiger partial charge in [0.2, 0.25) is 0 Å². The third-order valence-electron chi connectivity index (χ3n) is 4.12. The minimum absolute atomic E-state index is 0.246. The summed E-state index contributed by atoms with van der Waals surface area (Å²) in [5.74, 6) is -2.11. The normalized spacial score (nSPS) is 20.2. The molecule has 0 radical (unpaired) electrons. The van der Waals surface area contributed by atoms with Gasteiger partial charge < -0.3 is 14.4 Å². The summed E-state index contributed by atoms with van der Waals surface area (Å²) in [6, 6.07) is 2.68. The first-order valence-electron chi connectivity index (χ1n) is 6.45. The number of hydrogen-bond acceptors (Lipinski definition) is 3. The van der Waals surface area contributed by atoms with Crippen LogP contribution < -0.4 is 5.46 Å². The van der Waals surface area contributed by atoms with E-state index in [4.69, 9.17) is 9.31 Å². The molecule has 0 amide bonds. The number of benzene rings is 1. The van der Waals surface area contributed by atoms with Crippen LogP contribution in [0.15, 0.2) is 12.1 Å². The van der Waals surface area contributed by atoms with Crippen LogP contribution in [0.1, 0.15) is 43.6 Å². The molecular formula is C14H18BFO4. The van der Waals surface area contributed by atoms with E-state index >= 15 is 0 Å². The maximum absolute atomic E-state index is 13.8. The second-order valence-corrected chi connectivity index (χ2v) is 6.05. The summed E-state index contributed by atoms with van der Waals surface area (Å²) < 4.78 is 25.5. The van der Waals surface area contributed by atoms with E-state index in [1.54, 1.807) is 6.92 Å². The first kappa shape index (κ1) is 15.0. The Kier molecular flexibility index (Phi) is 3.43. The number of rotatable bonds is 2. The van der Waals surface area contributed by atoms with E-state index in [2.05, 4.69) is 0 Å². The van der Waals surface area contributed by atoms with Crippen LogP contribution in [0.3, 0.4) is 0 Å². The average molecular weight is 280 g/mol. The summed E-state index contributed by atoms with van der Waals surface area (Å²) >= 11 is 0. The molecule has 108 valence electrons. The van der Waals surface area contributed by atoms with Crippen LogP contribution in [-0.4, -0.2) is 29.4 Å².